The van der Waals surface area contributed by atoms with Crippen molar-refractivity contribution in [3.63, 3.8) is 0 Å². The number of hydrogen-bond acceptors (Lipinski definition) is 3. The predicted molar refractivity (Wildman–Crippen MR) is 64.7 cm³/mol. The maximum Gasteiger partial charge on any atom is 0.0634 e. The van der Waals surface area contributed by atoms with Crippen LogP contribution in [0.3, 0.4) is 0 Å². The van der Waals surface area contributed by atoms with Crippen molar-refractivity contribution in [1.82, 2.24) is 5.32 Å². The largest absolute Gasteiger partial charge is 0.380 e. The lowest BCUT2D eigenvalue weighted by Gasteiger charge is -2.22. The smallest absolute Gasteiger partial charge is 0.0634 e. The molecule has 0 rings (SSSR count). The Balaban J connectivity index is 3.11. The molecule has 0 bridgehead atoms. The van der Waals surface area contributed by atoms with Crippen molar-refractivity contribution in [2.45, 2.75) is 32.3 Å². The second kappa shape index (κ2) is 9.40. The maximum atomic E-state index is 5.48. The van der Waals surface area contributed by atoms with Gasteiger partial charge in [-0.15, -0.1) is 11.6 Å². The highest BCUT2D eigenvalue weighted by Gasteiger charge is 2.14. The topological polar surface area (TPSA) is 30.5 Å². The molecular weight excluding hydrogens is 214 g/mol. The number of alkyl halides is 1. The van der Waals surface area contributed by atoms with Crippen LogP contribution >= 0.6 is 11.6 Å². The van der Waals surface area contributed by atoms with E-state index in [0.29, 0.717) is 12.5 Å². The van der Waals surface area contributed by atoms with Crippen molar-refractivity contribution < 1.29 is 9.47 Å². The third kappa shape index (κ3) is 10.5. The van der Waals surface area contributed by atoms with E-state index in [1.54, 1.807) is 7.11 Å². The minimum atomic E-state index is -0.0257. The fourth-order valence-corrected chi connectivity index (χ4v) is 1.18. The molecule has 92 valence electrons. The van der Waals surface area contributed by atoms with Gasteiger partial charge < -0.3 is 14.8 Å². The number of hydrogen-bond donors (Lipinski definition) is 1. The summed E-state index contributed by atoms with van der Waals surface area (Å²) < 4.78 is 10.6. The van der Waals surface area contributed by atoms with E-state index in [1.807, 2.05) is 0 Å². The molecule has 0 aliphatic heterocycles. The fourth-order valence-electron chi connectivity index (χ4n) is 1.07. The van der Waals surface area contributed by atoms with Gasteiger partial charge in [-0.25, -0.2) is 0 Å². The summed E-state index contributed by atoms with van der Waals surface area (Å²) in [6, 6.07) is 0. The summed E-state index contributed by atoms with van der Waals surface area (Å²) >= 11 is 5.48. The fraction of sp³-hybridized carbons (Fsp3) is 1.00. The van der Waals surface area contributed by atoms with Crippen molar-refractivity contribution in [2.75, 3.05) is 39.3 Å². The molecule has 0 saturated heterocycles. The molecule has 0 unspecified atom stereocenters. The molecule has 3 nitrogen and oxygen atoms in total. The van der Waals surface area contributed by atoms with Crippen LogP contribution in [0.1, 0.15) is 26.7 Å². The van der Waals surface area contributed by atoms with Crippen LogP contribution in [-0.2, 0) is 9.47 Å². The highest BCUT2D eigenvalue weighted by atomic mass is 35.5. The molecule has 0 aliphatic carbocycles. The first-order chi connectivity index (χ1) is 7.12. The molecule has 0 aliphatic rings. The predicted octanol–water partition coefficient (Wildman–Crippen LogP) is 2.04. The summed E-state index contributed by atoms with van der Waals surface area (Å²) in [5.74, 6) is 0.579. The first-order valence-corrected chi connectivity index (χ1v) is 6.05. The standard InChI is InChI=1S/C11H24ClNO2/c1-11(2,14-3)5-8-13-7-4-9-15-10-6-12/h13H,4-10H2,1-3H3. The second-order valence-corrected chi connectivity index (χ2v) is 4.50. The molecule has 0 aromatic heterocycles. The molecular formula is C11H24ClNO2. The Bertz CT molecular complexity index is 143. The average molecular weight is 238 g/mol. The van der Waals surface area contributed by atoms with Gasteiger partial charge in [-0.05, 0) is 39.8 Å². The summed E-state index contributed by atoms with van der Waals surface area (Å²) in [5, 5.41) is 3.36. The summed E-state index contributed by atoms with van der Waals surface area (Å²) in [6.07, 6.45) is 2.05. The van der Waals surface area contributed by atoms with Crippen LogP contribution in [0.5, 0.6) is 0 Å². The van der Waals surface area contributed by atoms with Gasteiger partial charge in [0.25, 0.3) is 0 Å². The molecule has 0 saturated carbocycles. The number of methoxy groups -OCH3 is 1. The average Bonchev–Trinajstić information content (AvgIpc) is 2.22. The van der Waals surface area contributed by atoms with E-state index in [4.69, 9.17) is 21.1 Å². The van der Waals surface area contributed by atoms with Crippen molar-refractivity contribution in [3.8, 4) is 0 Å². The van der Waals surface area contributed by atoms with Crippen LogP contribution in [0.4, 0.5) is 0 Å². The van der Waals surface area contributed by atoms with E-state index in [1.165, 1.54) is 0 Å². The van der Waals surface area contributed by atoms with Crippen LogP contribution in [0.2, 0.25) is 0 Å². The van der Waals surface area contributed by atoms with E-state index in [-0.39, 0.29) is 5.60 Å². The number of nitrogens with one attached hydrogen (secondary N) is 1. The minimum Gasteiger partial charge on any atom is -0.380 e. The molecule has 0 aromatic rings. The molecule has 15 heavy (non-hydrogen) atoms. The molecule has 4 heteroatoms. The monoisotopic (exact) mass is 237 g/mol. The molecule has 1 N–H and O–H groups in total. The van der Waals surface area contributed by atoms with Gasteiger partial charge in [-0.1, -0.05) is 0 Å². The zero-order chi connectivity index (χ0) is 11.6. The van der Waals surface area contributed by atoms with Gasteiger partial charge in [0, 0.05) is 19.6 Å². The van der Waals surface area contributed by atoms with E-state index >= 15 is 0 Å². The van der Waals surface area contributed by atoms with Crippen LogP contribution in [0.25, 0.3) is 0 Å². The van der Waals surface area contributed by atoms with Gasteiger partial charge in [-0.2, -0.15) is 0 Å². The summed E-state index contributed by atoms with van der Waals surface area (Å²) in [7, 11) is 1.75. The Labute approximate surface area is 98.5 Å². The molecule has 0 heterocycles. The first-order valence-electron chi connectivity index (χ1n) is 5.52. The van der Waals surface area contributed by atoms with E-state index in [9.17, 15) is 0 Å². The molecule has 0 radical (unpaired) electrons. The number of rotatable bonds is 10. The van der Waals surface area contributed by atoms with Crippen molar-refractivity contribution >= 4 is 11.6 Å². The van der Waals surface area contributed by atoms with Crippen molar-refractivity contribution in [3.05, 3.63) is 0 Å². The minimum absolute atomic E-state index is 0.0257. The van der Waals surface area contributed by atoms with Gasteiger partial charge >= 0.3 is 0 Å². The van der Waals surface area contributed by atoms with Crippen LogP contribution in [0.15, 0.2) is 0 Å². The van der Waals surface area contributed by atoms with Gasteiger partial charge in [0.15, 0.2) is 0 Å². The first kappa shape index (κ1) is 15.2. The molecule has 0 atom stereocenters. The van der Waals surface area contributed by atoms with E-state index < -0.39 is 0 Å². The van der Waals surface area contributed by atoms with Gasteiger partial charge in [-0.3, -0.25) is 0 Å². The van der Waals surface area contributed by atoms with Gasteiger partial charge in [0.1, 0.15) is 0 Å². The summed E-state index contributed by atoms with van der Waals surface area (Å²) in [6.45, 7) is 7.60. The SMILES string of the molecule is COC(C)(C)CCNCCCOCCCl. The Hall–Kier alpha value is 0.170. The highest BCUT2D eigenvalue weighted by molar-refractivity contribution is 6.17. The van der Waals surface area contributed by atoms with Gasteiger partial charge in [0.2, 0.25) is 0 Å². The van der Waals surface area contributed by atoms with Crippen LogP contribution in [-0.4, -0.2) is 44.9 Å². The molecule has 0 aromatic carbocycles. The number of ether oxygens (including phenoxy) is 2. The lowest BCUT2D eigenvalue weighted by molar-refractivity contribution is 0.0158. The van der Waals surface area contributed by atoms with E-state index in [2.05, 4.69) is 19.2 Å². The number of halogens is 1. The Morgan fingerprint density at radius 2 is 1.93 bits per heavy atom. The second-order valence-electron chi connectivity index (χ2n) is 4.12. The van der Waals surface area contributed by atoms with Crippen LogP contribution < -0.4 is 5.32 Å². The highest BCUT2D eigenvalue weighted by Crippen LogP contribution is 2.11. The van der Waals surface area contributed by atoms with Crippen LogP contribution in [0, 0.1) is 0 Å². The summed E-state index contributed by atoms with van der Waals surface area (Å²) in [4.78, 5) is 0. The quantitative estimate of drug-likeness (QED) is 0.466. The third-order valence-corrected chi connectivity index (χ3v) is 2.47. The van der Waals surface area contributed by atoms with Gasteiger partial charge in [0.05, 0.1) is 12.2 Å². The molecule has 0 fully saturated rings. The maximum absolute atomic E-state index is 5.48. The lowest BCUT2D eigenvalue weighted by Crippen LogP contribution is -2.29. The molecule has 0 amide bonds. The van der Waals surface area contributed by atoms with E-state index in [0.717, 1.165) is 32.5 Å². The Morgan fingerprint density at radius 1 is 1.20 bits per heavy atom. The normalized spacial score (nSPS) is 12.0. The zero-order valence-corrected chi connectivity index (χ0v) is 10.9. The van der Waals surface area contributed by atoms with Crippen molar-refractivity contribution in [1.29, 1.82) is 0 Å². The molecule has 0 spiro atoms. The Morgan fingerprint density at radius 3 is 2.53 bits per heavy atom. The Kier molecular flexibility index (Phi) is 9.51. The van der Waals surface area contributed by atoms with Crippen molar-refractivity contribution in [2.24, 2.45) is 0 Å². The third-order valence-electron chi connectivity index (χ3n) is 2.32. The lowest BCUT2D eigenvalue weighted by atomic mass is 10.1. The summed E-state index contributed by atoms with van der Waals surface area (Å²) in [5.41, 5.74) is -0.0257. The zero-order valence-electron chi connectivity index (χ0n) is 10.1.